The molecule has 2 aliphatic rings. The maximum atomic E-state index is 12.3. The fourth-order valence-electron chi connectivity index (χ4n) is 3.31. The van der Waals surface area contributed by atoms with E-state index < -0.39 is 0 Å². The standard InChI is InChI=1S/C16H20N2O2/c17-9-11-5-7-12(8-6-11)10-18-15(19)13-3-1-2-4-14(13)16(18)20/h1-4,11-12H,5-10,17H2. The zero-order valence-electron chi connectivity index (χ0n) is 11.5. The van der Waals surface area contributed by atoms with E-state index in [0.29, 0.717) is 29.5 Å². The summed E-state index contributed by atoms with van der Waals surface area (Å²) in [5.41, 5.74) is 6.79. The van der Waals surface area contributed by atoms with Gasteiger partial charge in [-0.05, 0) is 56.2 Å². The van der Waals surface area contributed by atoms with Crippen molar-refractivity contribution in [3.8, 4) is 0 Å². The predicted molar refractivity (Wildman–Crippen MR) is 76.3 cm³/mol. The summed E-state index contributed by atoms with van der Waals surface area (Å²) in [4.78, 5) is 26.0. The van der Waals surface area contributed by atoms with E-state index >= 15 is 0 Å². The smallest absolute Gasteiger partial charge is 0.261 e. The van der Waals surface area contributed by atoms with Gasteiger partial charge in [0.1, 0.15) is 0 Å². The molecule has 1 aromatic carbocycles. The molecule has 2 N–H and O–H groups in total. The van der Waals surface area contributed by atoms with Crippen molar-refractivity contribution < 1.29 is 9.59 Å². The predicted octanol–water partition coefficient (Wildman–Crippen LogP) is 2.05. The third-order valence-corrected chi connectivity index (χ3v) is 4.62. The summed E-state index contributed by atoms with van der Waals surface area (Å²) >= 11 is 0. The topological polar surface area (TPSA) is 63.4 Å². The number of fused-ring (bicyclic) bond motifs is 1. The van der Waals surface area contributed by atoms with Crippen molar-refractivity contribution in [1.29, 1.82) is 0 Å². The van der Waals surface area contributed by atoms with Crippen LogP contribution in [0.3, 0.4) is 0 Å². The molecule has 20 heavy (non-hydrogen) atoms. The lowest BCUT2D eigenvalue weighted by Gasteiger charge is -2.29. The van der Waals surface area contributed by atoms with Crippen LogP contribution in [0.4, 0.5) is 0 Å². The highest BCUT2D eigenvalue weighted by Crippen LogP contribution is 2.31. The molecule has 1 heterocycles. The van der Waals surface area contributed by atoms with Crippen molar-refractivity contribution in [1.82, 2.24) is 4.90 Å². The van der Waals surface area contributed by atoms with Crippen LogP contribution in [0.1, 0.15) is 46.4 Å². The van der Waals surface area contributed by atoms with Crippen molar-refractivity contribution in [3.05, 3.63) is 35.4 Å². The molecular weight excluding hydrogens is 252 g/mol. The zero-order valence-corrected chi connectivity index (χ0v) is 11.5. The van der Waals surface area contributed by atoms with Gasteiger partial charge >= 0.3 is 0 Å². The first-order valence-electron chi connectivity index (χ1n) is 7.36. The Bertz CT molecular complexity index is 498. The van der Waals surface area contributed by atoms with Crippen LogP contribution >= 0.6 is 0 Å². The van der Waals surface area contributed by atoms with Crippen molar-refractivity contribution in [3.63, 3.8) is 0 Å². The van der Waals surface area contributed by atoms with Crippen LogP contribution in [0.5, 0.6) is 0 Å². The van der Waals surface area contributed by atoms with Crippen LogP contribution in [0, 0.1) is 11.8 Å². The Balaban J connectivity index is 1.68. The van der Waals surface area contributed by atoms with E-state index in [1.54, 1.807) is 24.3 Å². The minimum Gasteiger partial charge on any atom is -0.330 e. The SMILES string of the molecule is NCC1CCC(CN2C(=O)c3ccccc3C2=O)CC1. The van der Waals surface area contributed by atoms with Crippen LogP contribution in [0.25, 0.3) is 0 Å². The molecular formula is C16H20N2O2. The van der Waals surface area contributed by atoms with Gasteiger partial charge in [0.2, 0.25) is 0 Å². The number of rotatable bonds is 3. The van der Waals surface area contributed by atoms with E-state index in [-0.39, 0.29) is 11.8 Å². The molecule has 1 saturated carbocycles. The Labute approximate surface area is 118 Å². The number of nitrogens with zero attached hydrogens (tertiary/aromatic N) is 1. The molecule has 1 aliphatic heterocycles. The molecule has 4 nitrogen and oxygen atoms in total. The monoisotopic (exact) mass is 272 g/mol. The van der Waals surface area contributed by atoms with Gasteiger partial charge in [-0.2, -0.15) is 0 Å². The first-order chi connectivity index (χ1) is 9.70. The molecule has 4 heteroatoms. The minimum absolute atomic E-state index is 0.133. The molecule has 1 aliphatic carbocycles. The summed E-state index contributed by atoms with van der Waals surface area (Å²) < 4.78 is 0. The van der Waals surface area contributed by atoms with Crippen LogP contribution in [0.2, 0.25) is 0 Å². The van der Waals surface area contributed by atoms with Crippen molar-refractivity contribution in [2.75, 3.05) is 13.1 Å². The van der Waals surface area contributed by atoms with Gasteiger partial charge in [0.25, 0.3) is 11.8 Å². The van der Waals surface area contributed by atoms with Gasteiger partial charge in [0.15, 0.2) is 0 Å². The Morgan fingerprint density at radius 1 is 0.950 bits per heavy atom. The lowest BCUT2D eigenvalue weighted by molar-refractivity contribution is 0.0610. The van der Waals surface area contributed by atoms with Crippen molar-refractivity contribution in [2.45, 2.75) is 25.7 Å². The van der Waals surface area contributed by atoms with E-state index in [1.807, 2.05) is 0 Å². The van der Waals surface area contributed by atoms with Crippen LogP contribution < -0.4 is 5.73 Å². The first-order valence-corrected chi connectivity index (χ1v) is 7.36. The van der Waals surface area contributed by atoms with Gasteiger partial charge in [-0.25, -0.2) is 0 Å². The number of imide groups is 1. The quantitative estimate of drug-likeness (QED) is 0.856. The van der Waals surface area contributed by atoms with E-state index in [2.05, 4.69) is 0 Å². The van der Waals surface area contributed by atoms with Gasteiger partial charge in [-0.3, -0.25) is 14.5 Å². The number of carbonyl (C=O) groups is 2. The first kappa shape index (κ1) is 13.3. The van der Waals surface area contributed by atoms with Crippen molar-refractivity contribution in [2.24, 2.45) is 17.6 Å². The number of benzene rings is 1. The summed E-state index contributed by atoms with van der Waals surface area (Å²) in [5, 5.41) is 0. The fourth-order valence-corrected chi connectivity index (χ4v) is 3.31. The third-order valence-electron chi connectivity index (χ3n) is 4.62. The number of amides is 2. The summed E-state index contributed by atoms with van der Waals surface area (Å²) in [5.74, 6) is 0.784. The van der Waals surface area contributed by atoms with E-state index in [0.717, 1.165) is 32.2 Å². The second kappa shape index (κ2) is 5.37. The fraction of sp³-hybridized carbons (Fsp3) is 0.500. The molecule has 0 spiro atoms. The highest BCUT2D eigenvalue weighted by Gasteiger charge is 2.36. The molecule has 0 radical (unpaired) electrons. The average Bonchev–Trinajstić information content (AvgIpc) is 2.74. The molecule has 0 atom stereocenters. The van der Waals surface area contributed by atoms with Gasteiger partial charge in [-0.1, -0.05) is 12.1 Å². The Kier molecular flexibility index (Phi) is 3.57. The van der Waals surface area contributed by atoms with E-state index in [4.69, 9.17) is 5.73 Å². The Morgan fingerprint density at radius 3 is 1.95 bits per heavy atom. The maximum absolute atomic E-state index is 12.3. The van der Waals surface area contributed by atoms with Gasteiger partial charge in [-0.15, -0.1) is 0 Å². The number of hydrogen-bond acceptors (Lipinski definition) is 3. The molecule has 1 aromatic rings. The molecule has 3 rings (SSSR count). The highest BCUT2D eigenvalue weighted by molar-refractivity contribution is 6.21. The molecule has 0 saturated heterocycles. The minimum atomic E-state index is -0.133. The highest BCUT2D eigenvalue weighted by atomic mass is 16.2. The molecule has 0 bridgehead atoms. The van der Waals surface area contributed by atoms with Gasteiger partial charge in [0.05, 0.1) is 11.1 Å². The summed E-state index contributed by atoms with van der Waals surface area (Å²) in [6, 6.07) is 7.09. The molecule has 106 valence electrons. The second-order valence-corrected chi connectivity index (χ2v) is 5.89. The summed E-state index contributed by atoms with van der Waals surface area (Å²) in [6.07, 6.45) is 4.36. The third kappa shape index (κ3) is 2.24. The molecule has 0 unspecified atom stereocenters. The number of nitrogens with two attached hydrogens (primary N) is 1. The van der Waals surface area contributed by atoms with Gasteiger partial charge in [0, 0.05) is 6.54 Å². The van der Waals surface area contributed by atoms with E-state index in [9.17, 15) is 9.59 Å². The average molecular weight is 272 g/mol. The van der Waals surface area contributed by atoms with Crippen LogP contribution in [-0.4, -0.2) is 29.8 Å². The van der Waals surface area contributed by atoms with Gasteiger partial charge < -0.3 is 5.73 Å². The summed E-state index contributed by atoms with van der Waals surface area (Å²) in [6.45, 7) is 1.31. The molecule has 2 amide bonds. The lowest BCUT2D eigenvalue weighted by atomic mass is 9.82. The normalized spacial score (nSPS) is 25.9. The van der Waals surface area contributed by atoms with Crippen LogP contribution in [-0.2, 0) is 0 Å². The zero-order chi connectivity index (χ0) is 14.1. The molecule has 0 aromatic heterocycles. The van der Waals surface area contributed by atoms with Crippen LogP contribution in [0.15, 0.2) is 24.3 Å². The largest absolute Gasteiger partial charge is 0.330 e. The Morgan fingerprint density at radius 2 is 1.45 bits per heavy atom. The maximum Gasteiger partial charge on any atom is 0.261 e. The molecule has 1 fully saturated rings. The summed E-state index contributed by atoms with van der Waals surface area (Å²) in [7, 11) is 0. The second-order valence-electron chi connectivity index (χ2n) is 5.89. The number of hydrogen-bond donors (Lipinski definition) is 1. The Hall–Kier alpha value is -1.68. The van der Waals surface area contributed by atoms with E-state index in [1.165, 1.54) is 4.90 Å². The lowest BCUT2D eigenvalue weighted by Crippen LogP contribution is -2.36. The van der Waals surface area contributed by atoms with Crippen molar-refractivity contribution >= 4 is 11.8 Å². The number of carbonyl (C=O) groups excluding carboxylic acids is 2.